The molecule has 1 amide bonds. The van der Waals surface area contributed by atoms with Crippen LogP contribution in [-0.2, 0) is 7.05 Å². The Hall–Kier alpha value is -3.73. The lowest BCUT2D eigenvalue weighted by atomic mass is 9.98. The van der Waals surface area contributed by atoms with E-state index in [4.69, 9.17) is 5.10 Å². The number of aryl methyl sites for hydroxylation is 2. The second-order valence-electron chi connectivity index (χ2n) is 7.68. The van der Waals surface area contributed by atoms with Crippen LogP contribution in [0.15, 0.2) is 84.2 Å². The highest BCUT2D eigenvalue weighted by molar-refractivity contribution is 6.05. The van der Waals surface area contributed by atoms with Crippen LogP contribution in [-0.4, -0.2) is 26.2 Å². The molecular formula is C25H22N4O. The molecule has 1 atom stereocenters. The number of pyridine rings is 1. The number of rotatable bonds is 3. The number of hydrogen-bond donors (Lipinski definition) is 0. The van der Waals surface area contributed by atoms with E-state index in [0.29, 0.717) is 12.0 Å². The van der Waals surface area contributed by atoms with Gasteiger partial charge in [-0.25, -0.2) is 5.01 Å². The molecule has 4 aromatic rings. The Morgan fingerprint density at radius 2 is 1.77 bits per heavy atom. The number of amides is 1. The summed E-state index contributed by atoms with van der Waals surface area (Å²) in [6.07, 6.45) is 4.42. The molecule has 148 valence electrons. The molecule has 1 unspecified atom stereocenters. The van der Waals surface area contributed by atoms with Gasteiger partial charge < -0.3 is 4.57 Å². The highest BCUT2D eigenvalue weighted by Crippen LogP contribution is 2.38. The average Bonchev–Trinajstić information content (AvgIpc) is 3.36. The summed E-state index contributed by atoms with van der Waals surface area (Å²) in [7, 11) is 2.04. The molecular weight excluding hydrogens is 372 g/mol. The van der Waals surface area contributed by atoms with E-state index in [1.807, 2.05) is 68.6 Å². The van der Waals surface area contributed by atoms with Gasteiger partial charge in [0.25, 0.3) is 5.91 Å². The fourth-order valence-electron chi connectivity index (χ4n) is 4.11. The number of nitrogens with zero attached hydrogens (tertiary/aromatic N) is 4. The minimum atomic E-state index is -0.167. The Morgan fingerprint density at radius 1 is 1.00 bits per heavy atom. The number of carbonyl (C=O) groups excluding carboxylic acids is 1. The van der Waals surface area contributed by atoms with Crippen LogP contribution in [0.3, 0.4) is 0 Å². The number of para-hydroxylation sites is 1. The first-order valence-electron chi connectivity index (χ1n) is 10.0. The number of fused-ring (bicyclic) bond motifs is 1. The molecule has 2 aromatic heterocycles. The van der Waals surface area contributed by atoms with Crippen molar-refractivity contribution in [1.82, 2.24) is 14.6 Å². The summed E-state index contributed by atoms with van der Waals surface area (Å²) in [4.78, 5) is 17.7. The SMILES string of the molecule is Cc1ccc(C(=O)N2N=C(c3ccccc3)CC2c2cn(C)c3ccccc23)cn1. The van der Waals surface area contributed by atoms with Crippen molar-refractivity contribution in [2.24, 2.45) is 12.1 Å². The summed E-state index contributed by atoms with van der Waals surface area (Å²) in [5, 5.41) is 7.58. The second kappa shape index (κ2) is 7.26. The first kappa shape index (κ1) is 18.3. The van der Waals surface area contributed by atoms with Crippen LogP contribution < -0.4 is 0 Å². The van der Waals surface area contributed by atoms with Gasteiger partial charge in [-0.15, -0.1) is 0 Å². The van der Waals surface area contributed by atoms with Crippen LogP contribution in [0.2, 0.25) is 0 Å². The highest BCUT2D eigenvalue weighted by Gasteiger charge is 2.35. The van der Waals surface area contributed by atoms with Crippen molar-refractivity contribution in [3.63, 3.8) is 0 Å². The first-order chi connectivity index (χ1) is 14.6. The lowest BCUT2D eigenvalue weighted by Gasteiger charge is -2.21. The zero-order valence-corrected chi connectivity index (χ0v) is 17.0. The van der Waals surface area contributed by atoms with Crippen molar-refractivity contribution in [1.29, 1.82) is 0 Å². The highest BCUT2D eigenvalue weighted by atomic mass is 16.2. The third-order valence-corrected chi connectivity index (χ3v) is 5.67. The van der Waals surface area contributed by atoms with Crippen LogP contribution >= 0.6 is 0 Å². The molecule has 5 heteroatoms. The van der Waals surface area contributed by atoms with Crippen LogP contribution in [0.5, 0.6) is 0 Å². The minimum Gasteiger partial charge on any atom is -0.350 e. The fraction of sp³-hybridized carbons (Fsp3) is 0.160. The number of carbonyl (C=O) groups is 1. The van der Waals surface area contributed by atoms with Gasteiger partial charge in [0.1, 0.15) is 0 Å². The normalized spacial score (nSPS) is 16.1. The Kier molecular flexibility index (Phi) is 4.43. The van der Waals surface area contributed by atoms with Gasteiger partial charge in [-0.05, 0) is 30.7 Å². The molecule has 3 heterocycles. The van der Waals surface area contributed by atoms with Gasteiger partial charge >= 0.3 is 0 Å². The predicted molar refractivity (Wildman–Crippen MR) is 118 cm³/mol. The molecule has 0 bridgehead atoms. The summed E-state index contributed by atoms with van der Waals surface area (Å²) < 4.78 is 2.11. The smallest absolute Gasteiger partial charge is 0.276 e. The van der Waals surface area contributed by atoms with E-state index in [1.165, 1.54) is 0 Å². The molecule has 0 fully saturated rings. The van der Waals surface area contributed by atoms with Crippen molar-refractivity contribution in [2.45, 2.75) is 19.4 Å². The van der Waals surface area contributed by atoms with Crippen molar-refractivity contribution in [3.05, 3.63) is 102 Å². The topological polar surface area (TPSA) is 50.5 Å². The largest absolute Gasteiger partial charge is 0.350 e. The van der Waals surface area contributed by atoms with E-state index in [-0.39, 0.29) is 11.9 Å². The van der Waals surface area contributed by atoms with Crippen molar-refractivity contribution in [3.8, 4) is 0 Å². The van der Waals surface area contributed by atoms with Crippen LogP contribution in [0.25, 0.3) is 10.9 Å². The summed E-state index contributed by atoms with van der Waals surface area (Å²) >= 11 is 0. The Morgan fingerprint density at radius 3 is 2.53 bits per heavy atom. The molecule has 0 saturated carbocycles. The van der Waals surface area contributed by atoms with Gasteiger partial charge in [0.2, 0.25) is 0 Å². The second-order valence-corrected chi connectivity index (χ2v) is 7.68. The van der Waals surface area contributed by atoms with Crippen LogP contribution in [0.4, 0.5) is 0 Å². The van der Waals surface area contributed by atoms with E-state index in [1.54, 1.807) is 11.2 Å². The third-order valence-electron chi connectivity index (χ3n) is 5.67. The quantitative estimate of drug-likeness (QED) is 0.498. The molecule has 2 aromatic carbocycles. The number of hydrogen-bond acceptors (Lipinski definition) is 3. The zero-order chi connectivity index (χ0) is 20.7. The fourth-order valence-corrected chi connectivity index (χ4v) is 4.11. The van der Waals surface area contributed by atoms with Crippen molar-refractivity contribution >= 4 is 22.5 Å². The maximum absolute atomic E-state index is 13.4. The zero-order valence-electron chi connectivity index (χ0n) is 17.0. The van der Waals surface area contributed by atoms with E-state index in [2.05, 4.69) is 27.9 Å². The van der Waals surface area contributed by atoms with Crippen molar-refractivity contribution in [2.75, 3.05) is 0 Å². The first-order valence-corrected chi connectivity index (χ1v) is 10.0. The third kappa shape index (κ3) is 3.08. The molecule has 5 rings (SSSR count). The van der Waals surface area contributed by atoms with Crippen LogP contribution in [0.1, 0.15) is 39.6 Å². The Bertz CT molecular complexity index is 1260. The number of aromatic nitrogens is 2. The number of benzene rings is 2. The van der Waals surface area contributed by atoms with Gasteiger partial charge in [0, 0.05) is 48.0 Å². The van der Waals surface area contributed by atoms with E-state index >= 15 is 0 Å². The summed E-state index contributed by atoms with van der Waals surface area (Å²) in [6, 6.07) is 21.9. The monoisotopic (exact) mass is 394 g/mol. The molecule has 1 aliphatic heterocycles. The molecule has 0 radical (unpaired) electrons. The van der Waals surface area contributed by atoms with Crippen molar-refractivity contribution < 1.29 is 4.79 Å². The predicted octanol–water partition coefficient (Wildman–Crippen LogP) is 4.87. The maximum atomic E-state index is 13.4. The van der Waals surface area contributed by atoms with Crippen LogP contribution in [0, 0.1) is 6.92 Å². The average molecular weight is 394 g/mol. The lowest BCUT2D eigenvalue weighted by Crippen LogP contribution is -2.27. The Labute approximate surface area is 175 Å². The number of hydrazone groups is 1. The van der Waals surface area contributed by atoms with Gasteiger partial charge in [-0.1, -0.05) is 48.5 Å². The molecule has 0 spiro atoms. The van der Waals surface area contributed by atoms with Gasteiger partial charge in [-0.2, -0.15) is 5.10 Å². The molecule has 0 saturated heterocycles. The van der Waals surface area contributed by atoms with Gasteiger partial charge in [-0.3, -0.25) is 9.78 Å². The molecule has 5 nitrogen and oxygen atoms in total. The van der Waals surface area contributed by atoms with Gasteiger partial charge in [0.15, 0.2) is 0 Å². The van der Waals surface area contributed by atoms with Gasteiger partial charge in [0.05, 0.1) is 17.3 Å². The summed E-state index contributed by atoms with van der Waals surface area (Å²) in [5.41, 5.74) is 5.64. The molecule has 0 aliphatic carbocycles. The van der Waals surface area contributed by atoms with E-state index in [9.17, 15) is 4.79 Å². The van der Waals surface area contributed by atoms with E-state index < -0.39 is 0 Å². The standard InChI is InChI=1S/C25H22N4O/c1-17-12-13-19(15-26-17)25(30)29-24(14-22(27-29)18-8-4-3-5-9-18)21-16-28(2)23-11-7-6-10-20(21)23/h3-13,15-16,24H,14H2,1-2H3. The molecule has 30 heavy (non-hydrogen) atoms. The van der Waals surface area contributed by atoms with E-state index in [0.717, 1.165) is 33.4 Å². The summed E-state index contributed by atoms with van der Waals surface area (Å²) in [5.74, 6) is -0.133. The lowest BCUT2D eigenvalue weighted by molar-refractivity contribution is 0.0711. The maximum Gasteiger partial charge on any atom is 0.276 e. The molecule has 0 N–H and O–H groups in total. The summed E-state index contributed by atoms with van der Waals surface area (Å²) in [6.45, 7) is 1.91. The minimum absolute atomic E-state index is 0.133. The Balaban J connectivity index is 1.61. The molecule has 1 aliphatic rings.